The van der Waals surface area contributed by atoms with Crippen LogP contribution in [-0.4, -0.2) is 36.7 Å². The third-order valence-electron chi connectivity index (χ3n) is 3.65. The lowest BCUT2D eigenvalue weighted by atomic mass is 10.00. The summed E-state index contributed by atoms with van der Waals surface area (Å²) in [4.78, 5) is 25.0. The molecule has 1 aromatic rings. The van der Waals surface area contributed by atoms with Crippen molar-refractivity contribution < 1.29 is 9.59 Å². The Bertz CT molecular complexity index is 549. The van der Waals surface area contributed by atoms with E-state index in [9.17, 15) is 9.59 Å². The smallest absolute Gasteiger partial charge is 0.238 e. The first kappa shape index (κ1) is 16.3. The number of hydrogen-bond acceptors (Lipinski definition) is 3. The second-order valence-corrected chi connectivity index (χ2v) is 6.16. The van der Waals surface area contributed by atoms with Gasteiger partial charge >= 0.3 is 0 Å². The van der Waals surface area contributed by atoms with Gasteiger partial charge in [-0.15, -0.1) is 0 Å². The second kappa shape index (κ2) is 7.25. The maximum atomic E-state index is 12.1. The predicted octanol–water partition coefficient (Wildman–Crippen LogP) is 3.15. The molecule has 1 unspecified atom stereocenters. The summed E-state index contributed by atoms with van der Waals surface area (Å²) in [6.45, 7) is 3.55. The molecule has 0 aromatic heterocycles. The van der Waals surface area contributed by atoms with Crippen LogP contribution in [0.4, 0.5) is 5.69 Å². The Hall–Kier alpha value is -1.10. The van der Waals surface area contributed by atoms with E-state index < -0.39 is 0 Å². The van der Waals surface area contributed by atoms with Gasteiger partial charge in [-0.05, 0) is 37.9 Å². The average Bonchev–Trinajstić information content (AvgIpc) is 2.48. The van der Waals surface area contributed by atoms with Crippen LogP contribution in [0.2, 0.25) is 10.0 Å². The van der Waals surface area contributed by atoms with Crippen molar-refractivity contribution in [1.29, 1.82) is 0 Å². The Labute approximate surface area is 134 Å². The highest BCUT2D eigenvalue weighted by Gasteiger charge is 2.21. The highest BCUT2D eigenvalue weighted by Crippen LogP contribution is 2.32. The molecule has 1 fully saturated rings. The number of amides is 1. The molecule has 114 valence electrons. The minimum absolute atomic E-state index is 0.0256. The fraction of sp³-hybridized carbons (Fsp3) is 0.467. The van der Waals surface area contributed by atoms with Crippen LogP contribution in [0, 0.1) is 12.8 Å². The minimum atomic E-state index is -0.170. The molecule has 1 N–H and O–H groups in total. The third kappa shape index (κ3) is 4.19. The molecule has 1 atom stereocenters. The molecule has 0 radical (unpaired) electrons. The summed E-state index contributed by atoms with van der Waals surface area (Å²) < 4.78 is 0. The summed E-state index contributed by atoms with van der Waals surface area (Å²) in [7, 11) is 0. The third-order valence-corrected chi connectivity index (χ3v) is 4.45. The van der Waals surface area contributed by atoms with Gasteiger partial charge < -0.3 is 10.1 Å². The van der Waals surface area contributed by atoms with Gasteiger partial charge in [0.05, 0.1) is 22.3 Å². The number of carbonyl (C=O) groups is 2. The lowest BCUT2D eigenvalue weighted by molar-refractivity contribution is -0.119. The Kier molecular flexibility index (Phi) is 5.62. The normalized spacial score (nSPS) is 19.3. The lowest BCUT2D eigenvalue weighted by Crippen LogP contribution is -2.40. The Balaban J connectivity index is 1.99. The number of rotatable bonds is 4. The van der Waals surface area contributed by atoms with E-state index in [0.29, 0.717) is 22.3 Å². The van der Waals surface area contributed by atoms with E-state index in [1.165, 1.54) is 0 Å². The van der Waals surface area contributed by atoms with Gasteiger partial charge in [0.15, 0.2) is 0 Å². The van der Waals surface area contributed by atoms with Gasteiger partial charge in [0.25, 0.3) is 0 Å². The molecular weight excluding hydrogens is 311 g/mol. The molecule has 0 spiro atoms. The van der Waals surface area contributed by atoms with Crippen LogP contribution in [0.5, 0.6) is 0 Å². The molecule has 4 nitrogen and oxygen atoms in total. The molecule has 2 rings (SSSR count). The van der Waals surface area contributed by atoms with Crippen LogP contribution in [0.25, 0.3) is 0 Å². The number of carbonyl (C=O) groups excluding carboxylic acids is 2. The monoisotopic (exact) mass is 328 g/mol. The largest absolute Gasteiger partial charge is 0.322 e. The zero-order chi connectivity index (χ0) is 15.4. The van der Waals surface area contributed by atoms with Gasteiger partial charge in [0.1, 0.15) is 6.29 Å². The molecule has 0 bridgehead atoms. The van der Waals surface area contributed by atoms with E-state index in [4.69, 9.17) is 23.2 Å². The Morgan fingerprint density at radius 1 is 1.48 bits per heavy atom. The number of piperidine rings is 1. The van der Waals surface area contributed by atoms with Crippen molar-refractivity contribution in [3.63, 3.8) is 0 Å². The number of aldehydes is 1. The Morgan fingerprint density at radius 2 is 2.24 bits per heavy atom. The average molecular weight is 329 g/mol. The maximum Gasteiger partial charge on any atom is 0.238 e. The number of benzene rings is 1. The zero-order valence-corrected chi connectivity index (χ0v) is 13.4. The van der Waals surface area contributed by atoms with Gasteiger partial charge in [-0.1, -0.05) is 29.3 Å². The minimum Gasteiger partial charge on any atom is -0.322 e. The van der Waals surface area contributed by atoms with Crippen LogP contribution in [0.1, 0.15) is 18.4 Å². The SMILES string of the molecule is Cc1ccc(Cl)c(NC(=O)CN2CCCC(C=O)C2)c1Cl. The number of likely N-dealkylation sites (tertiary alicyclic amines) is 1. The first-order chi connectivity index (χ1) is 10.0. The fourth-order valence-corrected chi connectivity index (χ4v) is 2.96. The second-order valence-electron chi connectivity index (χ2n) is 5.37. The molecule has 21 heavy (non-hydrogen) atoms. The van der Waals surface area contributed by atoms with E-state index in [1.54, 1.807) is 12.1 Å². The fourth-order valence-electron chi connectivity index (χ4n) is 2.50. The topological polar surface area (TPSA) is 49.4 Å². The number of nitrogens with zero attached hydrogens (tertiary/aromatic N) is 1. The van der Waals surface area contributed by atoms with Crippen molar-refractivity contribution in [3.05, 3.63) is 27.7 Å². The van der Waals surface area contributed by atoms with Gasteiger partial charge in [-0.25, -0.2) is 0 Å². The predicted molar refractivity (Wildman–Crippen MR) is 85.1 cm³/mol. The molecule has 1 aliphatic rings. The highest BCUT2D eigenvalue weighted by molar-refractivity contribution is 6.40. The van der Waals surface area contributed by atoms with E-state index in [1.807, 2.05) is 11.8 Å². The van der Waals surface area contributed by atoms with Crippen molar-refractivity contribution in [3.8, 4) is 0 Å². The summed E-state index contributed by atoms with van der Waals surface area (Å²) in [6.07, 6.45) is 2.80. The molecule has 1 aromatic carbocycles. The number of halogens is 2. The summed E-state index contributed by atoms with van der Waals surface area (Å²) in [5.41, 5.74) is 1.31. The van der Waals surface area contributed by atoms with Crippen LogP contribution >= 0.6 is 23.2 Å². The summed E-state index contributed by atoms with van der Waals surface area (Å²) in [5, 5.41) is 3.64. The van der Waals surface area contributed by atoms with Crippen LogP contribution < -0.4 is 5.32 Å². The summed E-state index contributed by atoms with van der Waals surface area (Å²) >= 11 is 12.2. The van der Waals surface area contributed by atoms with Crippen molar-refractivity contribution in [1.82, 2.24) is 4.90 Å². The Morgan fingerprint density at radius 3 is 2.95 bits per heavy atom. The molecule has 1 aliphatic heterocycles. The van der Waals surface area contributed by atoms with E-state index >= 15 is 0 Å². The molecule has 1 heterocycles. The number of nitrogens with one attached hydrogen (secondary N) is 1. The summed E-state index contributed by atoms with van der Waals surface area (Å²) in [6, 6.07) is 3.52. The van der Waals surface area contributed by atoms with Gasteiger partial charge in [-0.2, -0.15) is 0 Å². The van der Waals surface area contributed by atoms with Crippen LogP contribution in [0.15, 0.2) is 12.1 Å². The number of aryl methyl sites for hydroxylation is 1. The molecule has 0 saturated carbocycles. The highest BCUT2D eigenvalue weighted by atomic mass is 35.5. The van der Waals surface area contributed by atoms with Crippen molar-refractivity contribution in [2.45, 2.75) is 19.8 Å². The molecular formula is C15H18Cl2N2O2. The maximum absolute atomic E-state index is 12.1. The number of hydrogen-bond donors (Lipinski definition) is 1. The lowest BCUT2D eigenvalue weighted by Gasteiger charge is -2.29. The van der Waals surface area contributed by atoms with Crippen LogP contribution in [-0.2, 0) is 9.59 Å². The summed E-state index contributed by atoms with van der Waals surface area (Å²) in [5.74, 6) is -0.145. The van der Waals surface area contributed by atoms with E-state index in [2.05, 4.69) is 5.32 Å². The first-order valence-electron chi connectivity index (χ1n) is 6.93. The van der Waals surface area contributed by atoms with Crippen molar-refractivity contribution in [2.75, 3.05) is 25.0 Å². The van der Waals surface area contributed by atoms with Crippen molar-refractivity contribution >= 4 is 41.1 Å². The van der Waals surface area contributed by atoms with Gasteiger partial charge in [0, 0.05) is 12.5 Å². The van der Waals surface area contributed by atoms with Crippen molar-refractivity contribution in [2.24, 2.45) is 5.92 Å². The van der Waals surface area contributed by atoms with Gasteiger partial charge in [0.2, 0.25) is 5.91 Å². The van der Waals surface area contributed by atoms with E-state index in [-0.39, 0.29) is 18.4 Å². The molecule has 1 amide bonds. The van der Waals surface area contributed by atoms with Crippen LogP contribution in [0.3, 0.4) is 0 Å². The first-order valence-corrected chi connectivity index (χ1v) is 7.69. The molecule has 1 saturated heterocycles. The van der Waals surface area contributed by atoms with Gasteiger partial charge in [-0.3, -0.25) is 9.69 Å². The molecule has 6 heteroatoms. The quantitative estimate of drug-likeness (QED) is 0.864. The standard InChI is InChI=1S/C15H18Cl2N2O2/c1-10-4-5-12(16)15(14(10)17)18-13(21)8-19-6-2-3-11(7-19)9-20/h4-5,9,11H,2-3,6-8H2,1H3,(H,18,21). The molecule has 0 aliphatic carbocycles. The van der Waals surface area contributed by atoms with E-state index in [0.717, 1.165) is 31.2 Å². The zero-order valence-electron chi connectivity index (χ0n) is 11.9. The number of anilines is 1.